The first-order chi connectivity index (χ1) is 9.76. The van der Waals surface area contributed by atoms with Crippen molar-refractivity contribution in [2.45, 2.75) is 45.8 Å². The molecule has 1 rings (SSSR count). The molecule has 6 nitrogen and oxygen atoms in total. The summed E-state index contributed by atoms with van der Waals surface area (Å²) in [5.74, 6) is -0.375. The van der Waals surface area contributed by atoms with Crippen molar-refractivity contribution in [2.75, 3.05) is 26.8 Å². The minimum absolute atomic E-state index is 0.310. The Morgan fingerprint density at radius 1 is 1.38 bits per heavy atom. The van der Waals surface area contributed by atoms with Gasteiger partial charge in [-0.3, -0.25) is 0 Å². The number of hydrogen-bond donors (Lipinski definition) is 0. The molecule has 1 aliphatic rings. The van der Waals surface area contributed by atoms with E-state index in [4.69, 9.17) is 14.2 Å². The van der Waals surface area contributed by atoms with E-state index in [9.17, 15) is 9.59 Å². The second kappa shape index (κ2) is 7.45. The molecule has 120 valence electrons. The Kier molecular flexibility index (Phi) is 6.20. The number of ether oxygens (including phenoxy) is 3. The Morgan fingerprint density at radius 2 is 2.05 bits per heavy atom. The predicted octanol–water partition coefficient (Wildman–Crippen LogP) is 2.13. The van der Waals surface area contributed by atoms with E-state index in [0.29, 0.717) is 26.1 Å². The first-order valence-corrected chi connectivity index (χ1v) is 7.14. The molecule has 0 bridgehead atoms. The summed E-state index contributed by atoms with van der Waals surface area (Å²) in [4.78, 5) is 25.2. The molecule has 6 heteroatoms. The van der Waals surface area contributed by atoms with Gasteiger partial charge in [-0.15, -0.1) is 0 Å². The predicted molar refractivity (Wildman–Crippen MR) is 77.9 cm³/mol. The average Bonchev–Trinajstić information content (AvgIpc) is 2.37. The van der Waals surface area contributed by atoms with Crippen LogP contribution in [0.2, 0.25) is 0 Å². The van der Waals surface area contributed by atoms with Gasteiger partial charge in [-0.1, -0.05) is 0 Å². The molecule has 1 saturated heterocycles. The SMILES string of the molecule is CCOC(=O)/C=C1/CCN(C(=O)OC(C)(C)C)CC1OC. The fourth-order valence-corrected chi connectivity index (χ4v) is 2.05. The van der Waals surface area contributed by atoms with Crippen LogP contribution in [0.15, 0.2) is 11.6 Å². The first kappa shape index (κ1) is 17.5. The maximum Gasteiger partial charge on any atom is 0.410 e. The van der Waals surface area contributed by atoms with Gasteiger partial charge in [0.25, 0.3) is 0 Å². The summed E-state index contributed by atoms with van der Waals surface area (Å²) in [6, 6.07) is 0. The molecule has 0 aromatic rings. The van der Waals surface area contributed by atoms with Crippen molar-refractivity contribution < 1.29 is 23.8 Å². The number of likely N-dealkylation sites (tertiary alicyclic amines) is 1. The van der Waals surface area contributed by atoms with Crippen LogP contribution in [0.25, 0.3) is 0 Å². The molecule has 0 spiro atoms. The quantitative estimate of drug-likeness (QED) is 0.590. The molecule has 1 atom stereocenters. The Balaban J connectivity index is 2.69. The van der Waals surface area contributed by atoms with Gasteiger partial charge >= 0.3 is 12.1 Å². The van der Waals surface area contributed by atoms with Crippen molar-refractivity contribution in [2.24, 2.45) is 0 Å². The molecular weight excluding hydrogens is 274 g/mol. The van der Waals surface area contributed by atoms with E-state index in [2.05, 4.69) is 0 Å². The fourth-order valence-electron chi connectivity index (χ4n) is 2.05. The largest absolute Gasteiger partial charge is 0.463 e. The molecular formula is C15H25NO5. The lowest BCUT2D eigenvalue weighted by molar-refractivity contribution is -0.137. The van der Waals surface area contributed by atoms with E-state index < -0.39 is 5.60 Å². The Hall–Kier alpha value is -1.56. The number of hydrogen-bond acceptors (Lipinski definition) is 5. The van der Waals surface area contributed by atoms with Gasteiger partial charge < -0.3 is 19.1 Å². The Bertz CT molecular complexity index is 411. The molecule has 1 aliphatic heterocycles. The van der Waals surface area contributed by atoms with Gasteiger partial charge in [-0.2, -0.15) is 0 Å². The standard InChI is InChI=1S/C15H25NO5/c1-6-20-13(17)9-11-7-8-16(10-12(11)19-5)14(18)21-15(2,3)4/h9,12H,6-8,10H2,1-5H3/b11-9-. The zero-order chi connectivity index (χ0) is 16.0. The molecule has 0 aliphatic carbocycles. The zero-order valence-corrected chi connectivity index (χ0v) is 13.5. The molecule has 1 unspecified atom stereocenters. The first-order valence-electron chi connectivity index (χ1n) is 7.14. The average molecular weight is 299 g/mol. The van der Waals surface area contributed by atoms with Gasteiger partial charge in [0.15, 0.2) is 0 Å². The number of amides is 1. The summed E-state index contributed by atoms with van der Waals surface area (Å²) in [5.41, 5.74) is 0.316. The van der Waals surface area contributed by atoms with Crippen LogP contribution in [0, 0.1) is 0 Å². The smallest absolute Gasteiger partial charge is 0.410 e. The van der Waals surface area contributed by atoms with Crippen molar-refractivity contribution in [1.82, 2.24) is 4.90 Å². The topological polar surface area (TPSA) is 65.1 Å². The molecule has 1 amide bonds. The summed E-state index contributed by atoms with van der Waals surface area (Å²) < 4.78 is 15.6. The number of nitrogens with zero attached hydrogens (tertiary/aromatic N) is 1. The number of carbonyl (C=O) groups excluding carboxylic acids is 2. The van der Waals surface area contributed by atoms with Crippen LogP contribution in [0.1, 0.15) is 34.1 Å². The third-order valence-corrected chi connectivity index (χ3v) is 3.00. The molecule has 0 saturated carbocycles. The van der Waals surface area contributed by atoms with Crippen molar-refractivity contribution in [1.29, 1.82) is 0 Å². The summed E-state index contributed by atoms with van der Waals surface area (Å²) in [6.07, 6.45) is 1.36. The second-order valence-electron chi connectivity index (χ2n) is 5.87. The highest BCUT2D eigenvalue weighted by atomic mass is 16.6. The van der Waals surface area contributed by atoms with Crippen molar-refractivity contribution in [3.05, 3.63) is 11.6 Å². The number of esters is 1. The number of rotatable bonds is 3. The molecule has 0 N–H and O–H groups in total. The van der Waals surface area contributed by atoms with E-state index in [1.807, 2.05) is 20.8 Å². The summed E-state index contributed by atoms with van der Waals surface area (Å²) >= 11 is 0. The molecule has 0 aromatic carbocycles. The van der Waals surface area contributed by atoms with Crippen molar-refractivity contribution in [3.8, 4) is 0 Å². The van der Waals surface area contributed by atoms with E-state index in [-0.39, 0.29) is 18.2 Å². The molecule has 1 fully saturated rings. The number of methoxy groups -OCH3 is 1. The second-order valence-corrected chi connectivity index (χ2v) is 5.87. The van der Waals surface area contributed by atoms with Gasteiger partial charge in [0.1, 0.15) is 5.60 Å². The lowest BCUT2D eigenvalue weighted by atomic mass is 10.0. The minimum Gasteiger partial charge on any atom is -0.463 e. The lowest BCUT2D eigenvalue weighted by Gasteiger charge is -2.35. The Labute approximate surface area is 126 Å². The van der Waals surface area contributed by atoms with E-state index in [1.54, 1.807) is 18.9 Å². The van der Waals surface area contributed by atoms with E-state index in [0.717, 1.165) is 5.57 Å². The van der Waals surface area contributed by atoms with Crippen LogP contribution < -0.4 is 0 Å². The van der Waals surface area contributed by atoms with Crippen LogP contribution in [0.4, 0.5) is 4.79 Å². The van der Waals surface area contributed by atoms with Crippen molar-refractivity contribution >= 4 is 12.1 Å². The summed E-state index contributed by atoms with van der Waals surface area (Å²) in [5, 5.41) is 0. The van der Waals surface area contributed by atoms with Gasteiger partial charge in [0.2, 0.25) is 0 Å². The summed E-state index contributed by atoms with van der Waals surface area (Å²) in [7, 11) is 1.56. The van der Waals surface area contributed by atoms with E-state index in [1.165, 1.54) is 6.08 Å². The van der Waals surface area contributed by atoms with Crippen LogP contribution in [-0.2, 0) is 19.0 Å². The van der Waals surface area contributed by atoms with Crippen molar-refractivity contribution in [3.63, 3.8) is 0 Å². The van der Waals surface area contributed by atoms with Crippen LogP contribution in [0.5, 0.6) is 0 Å². The van der Waals surface area contributed by atoms with Gasteiger partial charge in [-0.25, -0.2) is 9.59 Å². The highest BCUT2D eigenvalue weighted by Crippen LogP contribution is 2.21. The fraction of sp³-hybridized carbons (Fsp3) is 0.733. The van der Waals surface area contributed by atoms with Crippen LogP contribution in [0.3, 0.4) is 0 Å². The molecule has 21 heavy (non-hydrogen) atoms. The number of piperidine rings is 1. The zero-order valence-electron chi connectivity index (χ0n) is 13.5. The normalized spacial score (nSPS) is 21.3. The van der Waals surface area contributed by atoms with Gasteiger partial charge in [0.05, 0.1) is 19.3 Å². The lowest BCUT2D eigenvalue weighted by Crippen LogP contribution is -2.46. The summed E-state index contributed by atoms with van der Waals surface area (Å²) in [6.45, 7) is 8.45. The van der Waals surface area contributed by atoms with Crippen LogP contribution >= 0.6 is 0 Å². The maximum atomic E-state index is 12.0. The van der Waals surface area contributed by atoms with Crippen LogP contribution in [-0.4, -0.2) is 55.5 Å². The highest BCUT2D eigenvalue weighted by Gasteiger charge is 2.30. The molecule has 1 heterocycles. The van der Waals surface area contributed by atoms with Gasteiger partial charge in [-0.05, 0) is 39.7 Å². The third-order valence-electron chi connectivity index (χ3n) is 3.00. The minimum atomic E-state index is -0.527. The van der Waals surface area contributed by atoms with Gasteiger partial charge in [0, 0.05) is 19.7 Å². The monoisotopic (exact) mass is 299 g/mol. The number of carbonyl (C=O) groups is 2. The highest BCUT2D eigenvalue weighted by molar-refractivity contribution is 5.83. The van der Waals surface area contributed by atoms with E-state index >= 15 is 0 Å². The third kappa shape index (κ3) is 5.75. The Morgan fingerprint density at radius 3 is 2.57 bits per heavy atom. The molecule has 0 aromatic heterocycles. The molecule has 0 radical (unpaired) electrons. The maximum absolute atomic E-state index is 12.0.